The maximum absolute atomic E-state index is 12.8. The van der Waals surface area contributed by atoms with E-state index >= 15 is 0 Å². The first-order chi connectivity index (χ1) is 13.4. The van der Waals surface area contributed by atoms with E-state index in [2.05, 4.69) is 10.6 Å². The molecule has 0 aliphatic rings. The van der Waals surface area contributed by atoms with Crippen LogP contribution in [0, 0.1) is 13.8 Å². The minimum absolute atomic E-state index is 0.0318. The van der Waals surface area contributed by atoms with Crippen LogP contribution in [0.1, 0.15) is 27.0 Å². The molecule has 0 aliphatic carbocycles. The van der Waals surface area contributed by atoms with Gasteiger partial charge in [-0.05, 0) is 49.2 Å². The Bertz CT molecular complexity index is 1020. The van der Waals surface area contributed by atoms with Gasteiger partial charge in [0.1, 0.15) is 0 Å². The zero-order chi connectivity index (χ0) is 20.1. The van der Waals surface area contributed by atoms with Crippen LogP contribution in [0.15, 0.2) is 66.7 Å². The molecule has 3 rings (SSSR count). The van der Waals surface area contributed by atoms with Gasteiger partial charge < -0.3 is 10.6 Å². The molecule has 4 nitrogen and oxygen atoms in total. The fourth-order valence-corrected chi connectivity index (χ4v) is 3.02. The average Bonchev–Trinajstić information content (AvgIpc) is 2.70. The summed E-state index contributed by atoms with van der Waals surface area (Å²) in [6, 6.07) is 19.9. The summed E-state index contributed by atoms with van der Waals surface area (Å²) in [5.74, 6) is -0.345. The van der Waals surface area contributed by atoms with Crippen molar-refractivity contribution in [1.82, 2.24) is 0 Å². The van der Waals surface area contributed by atoms with Crippen molar-refractivity contribution in [2.45, 2.75) is 13.8 Å². The molecule has 1 amide bonds. The Morgan fingerprint density at radius 3 is 2.39 bits per heavy atom. The van der Waals surface area contributed by atoms with Gasteiger partial charge in [0.25, 0.3) is 0 Å². The molecule has 0 fully saturated rings. The lowest BCUT2D eigenvalue weighted by Crippen LogP contribution is -2.23. The lowest BCUT2D eigenvalue weighted by Gasteiger charge is -2.13. The quantitative estimate of drug-likeness (QED) is 0.564. The summed E-state index contributed by atoms with van der Waals surface area (Å²) in [5, 5.41) is 6.42. The van der Waals surface area contributed by atoms with Gasteiger partial charge in [-0.25, -0.2) is 0 Å². The summed E-state index contributed by atoms with van der Waals surface area (Å²) >= 11 is 6.09. The maximum Gasteiger partial charge on any atom is 0.243 e. The molecular formula is C23H21ClN2O2. The molecule has 3 aromatic rings. The van der Waals surface area contributed by atoms with Crippen LogP contribution in [-0.4, -0.2) is 18.2 Å². The number of hydrogen-bond donors (Lipinski definition) is 2. The molecule has 0 aliphatic heterocycles. The highest BCUT2D eigenvalue weighted by atomic mass is 35.5. The number of anilines is 2. The number of hydrogen-bond acceptors (Lipinski definition) is 3. The Hall–Kier alpha value is -3.11. The van der Waals surface area contributed by atoms with Crippen molar-refractivity contribution in [3.8, 4) is 0 Å². The summed E-state index contributed by atoms with van der Waals surface area (Å²) in [7, 11) is 0. The van der Waals surface area contributed by atoms with Crippen LogP contribution in [0.25, 0.3) is 0 Å². The van der Waals surface area contributed by atoms with Gasteiger partial charge in [-0.2, -0.15) is 0 Å². The second-order valence-electron chi connectivity index (χ2n) is 6.61. The van der Waals surface area contributed by atoms with Crippen molar-refractivity contribution < 1.29 is 9.59 Å². The Kier molecular flexibility index (Phi) is 6.12. The first-order valence-corrected chi connectivity index (χ1v) is 9.32. The second-order valence-corrected chi connectivity index (χ2v) is 7.04. The van der Waals surface area contributed by atoms with Crippen LogP contribution < -0.4 is 10.6 Å². The zero-order valence-electron chi connectivity index (χ0n) is 15.8. The lowest BCUT2D eigenvalue weighted by molar-refractivity contribution is -0.114. The number of aryl methyl sites for hydroxylation is 2. The van der Waals surface area contributed by atoms with Gasteiger partial charge in [0.2, 0.25) is 5.91 Å². The Morgan fingerprint density at radius 1 is 0.893 bits per heavy atom. The molecule has 5 heteroatoms. The van der Waals surface area contributed by atoms with Gasteiger partial charge in [0.15, 0.2) is 5.78 Å². The third kappa shape index (κ3) is 4.78. The van der Waals surface area contributed by atoms with Crippen molar-refractivity contribution in [2.24, 2.45) is 0 Å². The lowest BCUT2D eigenvalue weighted by atomic mass is 10.0. The Labute approximate surface area is 169 Å². The van der Waals surface area contributed by atoms with E-state index in [1.807, 2.05) is 50.2 Å². The smallest absolute Gasteiger partial charge is 0.243 e. The van der Waals surface area contributed by atoms with Gasteiger partial charge >= 0.3 is 0 Å². The highest BCUT2D eigenvalue weighted by Gasteiger charge is 2.15. The van der Waals surface area contributed by atoms with Gasteiger partial charge in [-0.15, -0.1) is 0 Å². The van der Waals surface area contributed by atoms with Crippen LogP contribution in [0.4, 0.5) is 11.4 Å². The number of halogens is 1. The minimum atomic E-state index is -0.193. The minimum Gasteiger partial charge on any atom is -0.376 e. The summed E-state index contributed by atoms with van der Waals surface area (Å²) in [5.41, 5.74) is 4.40. The molecule has 2 N–H and O–H groups in total. The number of carbonyl (C=O) groups is 2. The molecule has 28 heavy (non-hydrogen) atoms. The summed E-state index contributed by atoms with van der Waals surface area (Å²) < 4.78 is 0. The molecule has 0 unspecified atom stereocenters. The van der Waals surface area contributed by atoms with E-state index in [0.29, 0.717) is 21.8 Å². The standard InChI is InChI=1S/C23H21ClN2O2/c1-15-8-9-16(2)21(12-15)26-22(27)14-25-20-11-10-18(24)13-19(20)23(28)17-6-4-3-5-7-17/h3-13,25H,14H2,1-2H3,(H,26,27). The van der Waals surface area contributed by atoms with E-state index in [1.54, 1.807) is 30.3 Å². The van der Waals surface area contributed by atoms with Crippen molar-refractivity contribution in [1.29, 1.82) is 0 Å². The summed E-state index contributed by atoms with van der Waals surface area (Å²) in [4.78, 5) is 25.2. The predicted octanol–water partition coefficient (Wildman–Crippen LogP) is 5.24. The number of nitrogens with one attached hydrogen (secondary N) is 2. The third-order valence-corrected chi connectivity index (χ3v) is 4.60. The number of carbonyl (C=O) groups excluding carboxylic acids is 2. The van der Waals surface area contributed by atoms with E-state index < -0.39 is 0 Å². The fourth-order valence-electron chi connectivity index (χ4n) is 2.84. The van der Waals surface area contributed by atoms with Crippen LogP contribution >= 0.6 is 11.6 Å². The fraction of sp³-hybridized carbons (Fsp3) is 0.130. The van der Waals surface area contributed by atoms with Crippen molar-refractivity contribution in [3.05, 3.63) is 94.0 Å². The first-order valence-electron chi connectivity index (χ1n) is 8.94. The van der Waals surface area contributed by atoms with Gasteiger partial charge in [-0.1, -0.05) is 54.1 Å². The summed E-state index contributed by atoms with van der Waals surface area (Å²) in [6.45, 7) is 3.95. The van der Waals surface area contributed by atoms with Crippen molar-refractivity contribution in [2.75, 3.05) is 17.2 Å². The monoisotopic (exact) mass is 392 g/mol. The molecule has 0 heterocycles. The zero-order valence-corrected chi connectivity index (χ0v) is 16.5. The Morgan fingerprint density at radius 2 is 1.64 bits per heavy atom. The van der Waals surface area contributed by atoms with E-state index in [-0.39, 0.29) is 18.2 Å². The average molecular weight is 393 g/mol. The molecule has 0 saturated heterocycles. The first kappa shape index (κ1) is 19.6. The van der Waals surface area contributed by atoms with Crippen LogP contribution in [0.2, 0.25) is 5.02 Å². The highest BCUT2D eigenvalue weighted by Crippen LogP contribution is 2.24. The molecule has 0 aromatic heterocycles. The number of benzene rings is 3. The second kappa shape index (κ2) is 8.72. The van der Waals surface area contributed by atoms with E-state index in [0.717, 1.165) is 16.8 Å². The summed E-state index contributed by atoms with van der Waals surface area (Å²) in [6.07, 6.45) is 0. The molecule has 0 radical (unpaired) electrons. The molecule has 0 spiro atoms. The van der Waals surface area contributed by atoms with Crippen LogP contribution in [0.3, 0.4) is 0 Å². The molecule has 0 atom stereocenters. The van der Waals surface area contributed by atoms with Crippen molar-refractivity contribution in [3.63, 3.8) is 0 Å². The normalized spacial score (nSPS) is 10.4. The van der Waals surface area contributed by atoms with E-state index in [4.69, 9.17) is 11.6 Å². The molecule has 3 aromatic carbocycles. The predicted molar refractivity (Wildman–Crippen MR) is 114 cm³/mol. The van der Waals surface area contributed by atoms with Crippen LogP contribution in [-0.2, 0) is 4.79 Å². The molecular weight excluding hydrogens is 372 g/mol. The van der Waals surface area contributed by atoms with Gasteiger partial charge in [0, 0.05) is 27.5 Å². The molecule has 0 saturated carbocycles. The molecule has 142 valence electrons. The number of amides is 1. The molecule has 0 bridgehead atoms. The Balaban J connectivity index is 1.75. The van der Waals surface area contributed by atoms with E-state index in [9.17, 15) is 9.59 Å². The maximum atomic E-state index is 12.8. The van der Waals surface area contributed by atoms with Gasteiger partial charge in [0.05, 0.1) is 6.54 Å². The topological polar surface area (TPSA) is 58.2 Å². The highest BCUT2D eigenvalue weighted by molar-refractivity contribution is 6.31. The largest absolute Gasteiger partial charge is 0.376 e. The third-order valence-electron chi connectivity index (χ3n) is 4.37. The van der Waals surface area contributed by atoms with Gasteiger partial charge in [-0.3, -0.25) is 9.59 Å². The van der Waals surface area contributed by atoms with Crippen molar-refractivity contribution >= 4 is 34.7 Å². The van der Waals surface area contributed by atoms with E-state index in [1.165, 1.54) is 0 Å². The number of ketones is 1. The SMILES string of the molecule is Cc1ccc(C)c(NC(=O)CNc2ccc(Cl)cc2C(=O)c2ccccc2)c1. The number of rotatable bonds is 6. The van der Waals surface area contributed by atoms with Crippen LogP contribution in [0.5, 0.6) is 0 Å².